The molecule has 2 heterocycles. The molecule has 0 atom stereocenters. The van der Waals surface area contributed by atoms with Gasteiger partial charge in [-0.1, -0.05) is 19.4 Å². The Bertz CT molecular complexity index is 966. The smallest absolute Gasteiger partial charge is 0.311 e. The molecule has 0 bridgehead atoms. The van der Waals surface area contributed by atoms with Crippen LogP contribution in [-0.4, -0.2) is 27.0 Å². The molecule has 3 aromatic rings. The summed E-state index contributed by atoms with van der Waals surface area (Å²) in [6.45, 7) is 4.05. The Kier molecular flexibility index (Phi) is 5.49. The Morgan fingerprint density at radius 2 is 2.04 bits per heavy atom. The number of benzene rings is 1. The minimum atomic E-state index is -0.447. The van der Waals surface area contributed by atoms with Crippen LogP contribution in [0.5, 0.6) is 5.75 Å². The van der Waals surface area contributed by atoms with Crippen LogP contribution >= 0.6 is 0 Å². The van der Waals surface area contributed by atoms with E-state index in [1.165, 1.54) is 13.2 Å². The first-order chi connectivity index (χ1) is 13.0. The van der Waals surface area contributed by atoms with Crippen molar-refractivity contribution in [3.8, 4) is 28.4 Å². The molecule has 27 heavy (non-hydrogen) atoms. The zero-order chi connectivity index (χ0) is 19.4. The number of hydrogen-bond acceptors (Lipinski definition) is 5. The van der Waals surface area contributed by atoms with Crippen LogP contribution < -0.4 is 4.74 Å². The number of aromatic amines is 1. The summed E-state index contributed by atoms with van der Waals surface area (Å²) in [5.41, 5.74) is 3.65. The van der Waals surface area contributed by atoms with E-state index < -0.39 is 4.92 Å². The predicted octanol–water partition coefficient (Wildman–Crippen LogP) is 4.71. The number of nitro groups is 1. The number of aromatic nitrogens is 3. The van der Waals surface area contributed by atoms with Gasteiger partial charge in [0.25, 0.3) is 0 Å². The summed E-state index contributed by atoms with van der Waals surface area (Å²) >= 11 is 0. The molecule has 0 fully saturated rings. The molecule has 1 aromatic carbocycles. The second-order valence-corrected chi connectivity index (χ2v) is 6.32. The Morgan fingerprint density at radius 1 is 1.22 bits per heavy atom. The largest absolute Gasteiger partial charge is 0.490 e. The van der Waals surface area contributed by atoms with Crippen LogP contribution in [0.2, 0.25) is 0 Å². The number of ether oxygens (including phenoxy) is 1. The van der Waals surface area contributed by atoms with E-state index in [4.69, 9.17) is 9.72 Å². The molecular weight excluding hydrogens is 344 g/mol. The van der Waals surface area contributed by atoms with Crippen LogP contribution in [0.1, 0.15) is 31.3 Å². The number of rotatable bonds is 7. The number of hydrogen-bond donors (Lipinski definition) is 1. The maximum atomic E-state index is 11.4. The quantitative estimate of drug-likeness (QED) is 0.483. The molecule has 0 aliphatic heterocycles. The number of aryl methyl sites for hydroxylation is 2. The summed E-state index contributed by atoms with van der Waals surface area (Å²) in [6, 6.07) is 10.6. The predicted molar refractivity (Wildman–Crippen MR) is 104 cm³/mol. The Labute approximate surface area is 157 Å². The van der Waals surface area contributed by atoms with Crippen molar-refractivity contribution >= 4 is 5.69 Å². The molecule has 0 radical (unpaired) electrons. The molecule has 0 aliphatic carbocycles. The number of imidazole rings is 1. The molecule has 1 N–H and O–H groups in total. The first-order valence-corrected chi connectivity index (χ1v) is 8.89. The zero-order valence-corrected chi connectivity index (χ0v) is 15.7. The molecule has 0 aliphatic rings. The van der Waals surface area contributed by atoms with Crippen LogP contribution in [-0.2, 0) is 6.42 Å². The van der Waals surface area contributed by atoms with Crippen LogP contribution in [0.3, 0.4) is 0 Å². The number of methoxy groups -OCH3 is 1. The Morgan fingerprint density at radius 3 is 2.70 bits per heavy atom. The van der Waals surface area contributed by atoms with Crippen LogP contribution in [0.4, 0.5) is 5.69 Å². The Balaban J connectivity index is 2.15. The lowest BCUT2D eigenvalue weighted by atomic mass is 10.1. The highest BCUT2D eigenvalue weighted by molar-refractivity contribution is 5.78. The maximum Gasteiger partial charge on any atom is 0.311 e. The van der Waals surface area contributed by atoms with Crippen molar-refractivity contribution in [2.75, 3.05) is 7.11 Å². The summed E-state index contributed by atoms with van der Waals surface area (Å²) in [7, 11) is 1.42. The second-order valence-electron chi connectivity index (χ2n) is 6.32. The lowest BCUT2D eigenvalue weighted by Crippen LogP contribution is -1.95. The lowest BCUT2D eigenvalue weighted by Gasteiger charge is -2.06. The van der Waals surface area contributed by atoms with Gasteiger partial charge in [0.1, 0.15) is 5.82 Å². The average molecular weight is 366 g/mol. The molecule has 0 saturated carbocycles. The fraction of sp³-hybridized carbons (Fsp3) is 0.300. The molecular formula is C20H22N4O3. The van der Waals surface area contributed by atoms with Crippen molar-refractivity contribution < 1.29 is 9.66 Å². The van der Waals surface area contributed by atoms with Gasteiger partial charge in [-0.05, 0) is 37.6 Å². The molecule has 2 aromatic heterocycles. The highest BCUT2D eigenvalue weighted by atomic mass is 16.6. The van der Waals surface area contributed by atoms with Crippen LogP contribution in [0.15, 0.2) is 36.4 Å². The summed E-state index contributed by atoms with van der Waals surface area (Å²) in [5, 5.41) is 11.4. The van der Waals surface area contributed by atoms with E-state index in [1.54, 1.807) is 12.1 Å². The minimum Gasteiger partial charge on any atom is -0.490 e. The van der Waals surface area contributed by atoms with Crippen molar-refractivity contribution in [1.82, 2.24) is 15.0 Å². The van der Waals surface area contributed by atoms with Gasteiger partial charge in [-0.2, -0.15) is 0 Å². The third kappa shape index (κ3) is 3.97. The van der Waals surface area contributed by atoms with E-state index in [0.29, 0.717) is 11.3 Å². The van der Waals surface area contributed by atoms with Crippen molar-refractivity contribution in [1.29, 1.82) is 0 Å². The fourth-order valence-electron chi connectivity index (χ4n) is 2.94. The second kappa shape index (κ2) is 7.99. The van der Waals surface area contributed by atoms with Crippen molar-refractivity contribution in [3.63, 3.8) is 0 Å². The normalized spacial score (nSPS) is 10.8. The topological polar surface area (TPSA) is 93.9 Å². The number of nitro benzene ring substituents is 1. The zero-order valence-electron chi connectivity index (χ0n) is 15.7. The molecule has 0 spiro atoms. The molecule has 140 valence electrons. The maximum absolute atomic E-state index is 11.4. The monoisotopic (exact) mass is 366 g/mol. The number of nitrogens with zero attached hydrogens (tertiary/aromatic N) is 3. The molecule has 0 unspecified atom stereocenters. The van der Waals surface area contributed by atoms with E-state index in [0.717, 1.165) is 42.2 Å². The number of pyridine rings is 1. The van der Waals surface area contributed by atoms with Crippen molar-refractivity contribution in [3.05, 3.63) is 58.0 Å². The highest BCUT2D eigenvalue weighted by Gasteiger charge is 2.20. The number of nitrogens with one attached hydrogen (secondary N) is 1. The highest BCUT2D eigenvalue weighted by Crippen LogP contribution is 2.35. The van der Waals surface area contributed by atoms with Gasteiger partial charge < -0.3 is 9.72 Å². The first-order valence-electron chi connectivity index (χ1n) is 8.89. The first kappa shape index (κ1) is 18.6. The van der Waals surface area contributed by atoms with E-state index in [2.05, 4.69) is 16.9 Å². The number of unbranched alkanes of at least 4 members (excludes halogenated alkanes) is 1. The van der Waals surface area contributed by atoms with Gasteiger partial charge in [-0.25, -0.2) is 4.98 Å². The fourth-order valence-corrected chi connectivity index (χ4v) is 2.94. The Hall–Kier alpha value is -3.22. The van der Waals surface area contributed by atoms with Crippen molar-refractivity contribution in [2.24, 2.45) is 0 Å². The van der Waals surface area contributed by atoms with Gasteiger partial charge in [0.05, 0.1) is 29.1 Å². The summed E-state index contributed by atoms with van der Waals surface area (Å²) in [5.74, 6) is 1.07. The third-order valence-electron chi connectivity index (χ3n) is 4.31. The van der Waals surface area contributed by atoms with Gasteiger partial charge in [0.2, 0.25) is 0 Å². The minimum absolute atomic E-state index is 0.0868. The van der Waals surface area contributed by atoms with Crippen LogP contribution in [0.25, 0.3) is 22.6 Å². The third-order valence-corrected chi connectivity index (χ3v) is 4.31. The summed E-state index contributed by atoms with van der Waals surface area (Å²) in [6.07, 6.45) is 2.88. The molecule has 0 saturated heterocycles. The standard InChI is InChI=1S/C20H22N4O3/c1-4-5-9-18-22-19(20(23-18)15-8-6-7-13(2)21-15)14-10-11-17(27-3)16(12-14)24(25)26/h6-8,10-12H,4-5,9H2,1-3H3,(H,22,23). The molecule has 7 heteroatoms. The molecule has 7 nitrogen and oxygen atoms in total. The van der Waals surface area contributed by atoms with Crippen LogP contribution in [0, 0.1) is 17.0 Å². The summed E-state index contributed by atoms with van der Waals surface area (Å²) < 4.78 is 5.10. The average Bonchev–Trinajstić information content (AvgIpc) is 3.10. The van der Waals surface area contributed by atoms with E-state index in [1.807, 2.05) is 25.1 Å². The molecule has 3 rings (SSSR count). The van der Waals surface area contributed by atoms with Gasteiger partial charge in [-0.3, -0.25) is 15.1 Å². The van der Waals surface area contributed by atoms with Gasteiger partial charge in [0.15, 0.2) is 5.75 Å². The SMILES string of the molecule is CCCCc1nc(-c2ccc(OC)c([N+](=O)[O-])c2)c(-c2cccc(C)n2)[nH]1. The van der Waals surface area contributed by atoms with Gasteiger partial charge in [0, 0.05) is 23.7 Å². The van der Waals surface area contributed by atoms with Gasteiger partial charge >= 0.3 is 5.69 Å². The van der Waals surface area contributed by atoms with Gasteiger partial charge in [-0.15, -0.1) is 0 Å². The lowest BCUT2D eigenvalue weighted by molar-refractivity contribution is -0.385. The van der Waals surface area contributed by atoms with E-state index >= 15 is 0 Å². The van der Waals surface area contributed by atoms with E-state index in [9.17, 15) is 10.1 Å². The number of H-pyrrole nitrogens is 1. The van der Waals surface area contributed by atoms with Crippen molar-refractivity contribution in [2.45, 2.75) is 33.1 Å². The summed E-state index contributed by atoms with van der Waals surface area (Å²) in [4.78, 5) is 23.6. The molecule has 0 amide bonds. The van der Waals surface area contributed by atoms with E-state index in [-0.39, 0.29) is 11.4 Å².